The molecular formula is C28H34ClN3O2. The van der Waals surface area contributed by atoms with Crippen molar-refractivity contribution >= 4 is 23.7 Å². The molecule has 0 aliphatic heterocycles. The fourth-order valence-electron chi connectivity index (χ4n) is 4.00. The third-order valence-corrected chi connectivity index (χ3v) is 6.18. The van der Waals surface area contributed by atoms with Gasteiger partial charge >= 0.3 is 0 Å². The van der Waals surface area contributed by atoms with E-state index < -0.39 is 5.91 Å². The second-order valence-corrected chi connectivity index (χ2v) is 11.2. The molecule has 3 rings (SSSR count). The van der Waals surface area contributed by atoms with Gasteiger partial charge in [-0.3, -0.25) is 4.79 Å². The minimum absolute atomic E-state index is 0.250. The standard InChI is InChI=1S/C28H34ClN3O2/c1-17-9-10-18(2)32(17)20-11-12-24(29)21(15-20)26(34)31-30-16-19-13-22(27(3,4)5)25(33)23(14-19)28(6,7)8/h9-16,33H,1-8H3,(H,31,34). The first kappa shape index (κ1) is 25.6. The average molecular weight is 480 g/mol. The Bertz CT molecular complexity index is 1200. The highest BCUT2D eigenvalue weighted by Crippen LogP contribution is 2.39. The SMILES string of the molecule is Cc1ccc(C)n1-c1ccc(Cl)c(C(=O)NN=Cc2cc(C(C)(C)C)c(O)c(C(C)(C)C)c2)c1. The van der Waals surface area contributed by atoms with E-state index in [1.807, 2.05) is 44.2 Å². The quantitative estimate of drug-likeness (QED) is 0.318. The van der Waals surface area contributed by atoms with Crippen LogP contribution < -0.4 is 5.43 Å². The molecule has 1 aromatic heterocycles. The van der Waals surface area contributed by atoms with Crippen molar-refractivity contribution in [2.75, 3.05) is 0 Å². The third-order valence-electron chi connectivity index (χ3n) is 5.85. The van der Waals surface area contributed by atoms with Gasteiger partial charge in [-0.1, -0.05) is 53.1 Å². The van der Waals surface area contributed by atoms with Gasteiger partial charge in [-0.05, 0) is 72.7 Å². The Morgan fingerprint density at radius 3 is 1.97 bits per heavy atom. The maximum atomic E-state index is 12.9. The lowest BCUT2D eigenvalue weighted by molar-refractivity contribution is 0.0955. The molecule has 2 N–H and O–H groups in total. The number of phenols is 1. The van der Waals surface area contributed by atoms with E-state index in [0.29, 0.717) is 16.3 Å². The fraction of sp³-hybridized carbons (Fsp3) is 0.357. The molecule has 0 unspecified atom stereocenters. The van der Waals surface area contributed by atoms with Crippen molar-refractivity contribution < 1.29 is 9.90 Å². The van der Waals surface area contributed by atoms with Gasteiger partial charge in [0, 0.05) is 28.2 Å². The van der Waals surface area contributed by atoms with Crippen molar-refractivity contribution in [3.63, 3.8) is 0 Å². The molecule has 5 nitrogen and oxygen atoms in total. The molecular weight excluding hydrogens is 446 g/mol. The van der Waals surface area contributed by atoms with Crippen LogP contribution in [-0.2, 0) is 10.8 Å². The van der Waals surface area contributed by atoms with E-state index >= 15 is 0 Å². The van der Waals surface area contributed by atoms with Crippen LogP contribution in [0.1, 0.15) is 80.0 Å². The van der Waals surface area contributed by atoms with Crippen LogP contribution in [0.3, 0.4) is 0 Å². The Labute approximate surface area is 207 Å². The fourth-order valence-corrected chi connectivity index (χ4v) is 4.21. The normalized spacial score (nSPS) is 12.4. The maximum absolute atomic E-state index is 12.9. The molecule has 0 radical (unpaired) electrons. The molecule has 0 aliphatic carbocycles. The number of amides is 1. The van der Waals surface area contributed by atoms with Gasteiger partial charge in [0.1, 0.15) is 5.75 Å². The number of aromatic hydroxyl groups is 1. The van der Waals surface area contributed by atoms with E-state index in [1.54, 1.807) is 18.3 Å². The molecule has 0 saturated heterocycles. The summed E-state index contributed by atoms with van der Waals surface area (Å²) in [5.74, 6) is -0.0863. The number of hydrogen-bond acceptors (Lipinski definition) is 3. The number of halogens is 1. The van der Waals surface area contributed by atoms with Crippen LogP contribution in [0.15, 0.2) is 47.6 Å². The highest BCUT2D eigenvalue weighted by atomic mass is 35.5. The first-order valence-electron chi connectivity index (χ1n) is 11.4. The van der Waals surface area contributed by atoms with E-state index in [4.69, 9.17) is 11.6 Å². The van der Waals surface area contributed by atoms with Gasteiger partial charge in [0.25, 0.3) is 5.91 Å². The summed E-state index contributed by atoms with van der Waals surface area (Å²) in [6.45, 7) is 16.4. The van der Waals surface area contributed by atoms with Crippen molar-refractivity contribution in [2.45, 2.75) is 66.2 Å². The molecule has 6 heteroatoms. The number of aryl methyl sites for hydroxylation is 2. The van der Waals surface area contributed by atoms with E-state index in [9.17, 15) is 9.90 Å². The molecule has 180 valence electrons. The Morgan fingerprint density at radius 1 is 0.941 bits per heavy atom. The number of phenolic OH excluding ortho intramolecular Hbond substituents is 1. The van der Waals surface area contributed by atoms with E-state index in [2.05, 4.69) is 56.6 Å². The highest BCUT2D eigenvalue weighted by molar-refractivity contribution is 6.33. The number of carbonyl (C=O) groups excluding carboxylic acids is 1. The Kier molecular flexibility index (Phi) is 6.99. The number of carbonyl (C=O) groups is 1. The van der Waals surface area contributed by atoms with Gasteiger partial charge in [-0.15, -0.1) is 0 Å². The molecule has 1 heterocycles. The molecule has 0 atom stereocenters. The highest BCUT2D eigenvalue weighted by Gasteiger charge is 2.26. The zero-order valence-electron chi connectivity index (χ0n) is 21.2. The molecule has 0 saturated carbocycles. The van der Waals surface area contributed by atoms with Gasteiger partial charge in [-0.25, -0.2) is 5.43 Å². The van der Waals surface area contributed by atoms with Crippen LogP contribution in [0, 0.1) is 13.8 Å². The third kappa shape index (κ3) is 5.36. The van der Waals surface area contributed by atoms with Crippen LogP contribution >= 0.6 is 11.6 Å². The van der Waals surface area contributed by atoms with Crippen molar-refractivity contribution in [3.05, 3.63) is 81.1 Å². The van der Waals surface area contributed by atoms with Gasteiger partial charge in [-0.2, -0.15) is 5.10 Å². The summed E-state index contributed by atoms with van der Waals surface area (Å²) < 4.78 is 2.06. The number of aromatic nitrogens is 1. The average Bonchev–Trinajstić information content (AvgIpc) is 3.05. The molecule has 0 bridgehead atoms. The second-order valence-electron chi connectivity index (χ2n) is 10.8. The largest absolute Gasteiger partial charge is 0.507 e. The number of nitrogens with zero attached hydrogens (tertiary/aromatic N) is 2. The van der Waals surface area contributed by atoms with E-state index in [1.165, 1.54) is 0 Å². The van der Waals surface area contributed by atoms with Crippen LogP contribution in [0.25, 0.3) is 5.69 Å². The van der Waals surface area contributed by atoms with Gasteiger partial charge in [0.05, 0.1) is 16.8 Å². The summed E-state index contributed by atoms with van der Waals surface area (Å²) in [4.78, 5) is 12.9. The summed E-state index contributed by atoms with van der Waals surface area (Å²) in [5.41, 5.74) is 7.91. The molecule has 0 fully saturated rings. The second kappa shape index (κ2) is 9.30. The summed E-state index contributed by atoms with van der Waals surface area (Å²) in [6.07, 6.45) is 1.60. The predicted molar refractivity (Wildman–Crippen MR) is 141 cm³/mol. The summed E-state index contributed by atoms with van der Waals surface area (Å²) in [5, 5.41) is 15.4. The van der Waals surface area contributed by atoms with Crippen LogP contribution in [0.5, 0.6) is 5.75 Å². The number of hydrazone groups is 1. The minimum Gasteiger partial charge on any atom is -0.507 e. The lowest BCUT2D eigenvalue weighted by Crippen LogP contribution is -2.19. The van der Waals surface area contributed by atoms with Crippen LogP contribution in [0.2, 0.25) is 5.02 Å². The lowest BCUT2D eigenvalue weighted by Gasteiger charge is -2.27. The van der Waals surface area contributed by atoms with E-state index in [0.717, 1.165) is 33.8 Å². The van der Waals surface area contributed by atoms with Crippen molar-refractivity contribution in [1.82, 2.24) is 9.99 Å². The number of nitrogens with one attached hydrogen (secondary N) is 1. The van der Waals surface area contributed by atoms with Crippen molar-refractivity contribution in [1.29, 1.82) is 0 Å². The zero-order valence-corrected chi connectivity index (χ0v) is 22.0. The van der Waals surface area contributed by atoms with Crippen molar-refractivity contribution in [2.24, 2.45) is 5.10 Å². The Hall–Kier alpha value is -3.05. The molecule has 0 aliphatic rings. The van der Waals surface area contributed by atoms with Crippen molar-refractivity contribution in [3.8, 4) is 11.4 Å². The van der Waals surface area contributed by atoms with E-state index in [-0.39, 0.29) is 10.8 Å². The lowest BCUT2D eigenvalue weighted by atomic mass is 9.78. The summed E-state index contributed by atoms with van der Waals surface area (Å²) in [6, 6.07) is 13.3. The molecule has 1 amide bonds. The van der Waals surface area contributed by atoms with Gasteiger partial charge < -0.3 is 9.67 Å². The number of rotatable bonds is 4. The number of hydrogen-bond donors (Lipinski definition) is 2. The topological polar surface area (TPSA) is 66.6 Å². The van der Waals surface area contributed by atoms with Gasteiger partial charge in [0.2, 0.25) is 0 Å². The maximum Gasteiger partial charge on any atom is 0.272 e. The Balaban J connectivity index is 1.90. The van der Waals surface area contributed by atoms with Crippen LogP contribution in [-0.4, -0.2) is 21.8 Å². The smallest absolute Gasteiger partial charge is 0.272 e. The van der Waals surface area contributed by atoms with Crippen LogP contribution in [0.4, 0.5) is 0 Å². The molecule has 0 spiro atoms. The predicted octanol–water partition coefficient (Wildman–Crippen LogP) is 6.81. The molecule has 2 aromatic carbocycles. The van der Waals surface area contributed by atoms with Gasteiger partial charge in [0.15, 0.2) is 0 Å². The minimum atomic E-state index is -0.392. The Morgan fingerprint density at radius 2 is 1.47 bits per heavy atom. The number of benzene rings is 2. The monoisotopic (exact) mass is 479 g/mol. The first-order valence-corrected chi connectivity index (χ1v) is 11.7. The molecule has 34 heavy (non-hydrogen) atoms. The summed E-state index contributed by atoms with van der Waals surface area (Å²) in [7, 11) is 0. The molecule has 3 aromatic rings. The first-order chi connectivity index (χ1) is 15.7. The summed E-state index contributed by atoms with van der Waals surface area (Å²) >= 11 is 6.34. The zero-order chi connectivity index (χ0) is 25.4.